The summed E-state index contributed by atoms with van der Waals surface area (Å²) < 4.78 is 5.23. The van der Waals surface area contributed by atoms with Crippen LogP contribution in [-0.4, -0.2) is 45.1 Å². The largest absolute Gasteiger partial charge is 0.481 e. The zero-order valence-electron chi connectivity index (χ0n) is 10.7. The van der Waals surface area contributed by atoms with Crippen molar-refractivity contribution in [3.05, 3.63) is 17.5 Å². The standard InChI is InChI=1S/C12H16N2O4S/c1-8-5-10(18-13-8)9-3-2-4-14(9)11(15)6-19-7-12(16)17/h5,9H,2-4,6-7H2,1H3,(H,16,17). The SMILES string of the molecule is Cc1cc(C2CCCN2C(=O)CSCC(=O)O)on1. The molecule has 0 saturated carbocycles. The first-order chi connectivity index (χ1) is 9.08. The summed E-state index contributed by atoms with van der Waals surface area (Å²) in [5.41, 5.74) is 0.801. The lowest BCUT2D eigenvalue weighted by Crippen LogP contribution is -2.32. The Labute approximate surface area is 115 Å². The topological polar surface area (TPSA) is 83.6 Å². The zero-order chi connectivity index (χ0) is 13.8. The molecule has 1 unspecified atom stereocenters. The lowest BCUT2D eigenvalue weighted by Gasteiger charge is -2.22. The molecule has 1 atom stereocenters. The molecule has 0 radical (unpaired) electrons. The highest BCUT2D eigenvalue weighted by Gasteiger charge is 2.32. The number of amides is 1. The summed E-state index contributed by atoms with van der Waals surface area (Å²) in [7, 11) is 0. The van der Waals surface area contributed by atoms with E-state index >= 15 is 0 Å². The highest BCUT2D eigenvalue weighted by molar-refractivity contribution is 8.00. The lowest BCUT2D eigenvalue weighted by molar-refractivity contribution is -0.133. The normalized spacial score (nSPS) is 18.8. The average molecular weight is 284 g/mol. The molecule has 19 heavy (non-hydrogen) atoms. The van der Waals surface area contributed by atoms with Gasteiger partial charge < -0.3 is 14.5 Å². The Bertz CT molecular complexity index is 474. The Kier molecular flexibility index (Phi) is 4.47. The maximum Gasteiger partial charge on any atom is 0.313 e. The molecule has 2 rings (SSSR count). The number of carbonyl (C=O) groups excluding carboxylic acids is 1. The van der Waals surface area contributed by atoms with Gasteiger partial charge in [0.1, 0.15) is 0 Å². The van der Waals surface area contributed by atoms with Gasteiger partial charge >= 0.3 is 5.97 Å². The number of aromatic nitrogens is 1. The minimum Gasteiger partial charge on any atom is -0.481 e. The third-order valence-corrected chi connectivity index (χ3v) is 3.90. The molecule has 7 heteroatoms. The summed E-state index contributed by atoms with van der Waals surface area (Å²) in [6.07, 6.45) is 1.80. The van der Waals surface area contributed by atoms with Crippen LogP contribution in [0.4, 0.5) is 0 Å². The summed E-state index contributed by atoms with van der Waals surface area (Å²) in [4.78, 5) is 24.2. The first-order valence-corrected chi connectivity index (χ1v) is 7.25. The molecule has 0 bridgehead atoms. The zero-order valence-corrected chi connectivity index (χ0v) is 11.5. The number of carboxylic acids is 1. The number of carbonyl (C=O) groups is 2. The summed E-state index contributed by atoms with van der Waals surface area (Å²) in [6, 6.07) is 1.79. The van der Waals surface area contributed by atoms with Gasteiger partial charge in [-0.15, -0.1) is 11.8 Å². The number of hydrogen-bond donors (Lipinski definition) is 1. The number of nitrogens with zero attached hydrogens (tertiary/aromatic N) is 2. The molecule has 0 aliphatic carbocycles. The lowest BCUT2D eigenvalue weighted by atomic mass is 10.1. The van der Waals surface area contributed by atoms with E-state index in [1.807, 2.05) is 13.0 Å². The van der Waals surface area contributed by atoms with E-state index < -0.39 is 5.97 Å². The van der Waals surface area contributed by atoms with E-state index in [1.165, 1.54) is 0 Å². The molecule has 1 amide bonds. The molecule has 2 heterocycles. The van der Waals surface area contributed by atoms with Crippen LogP contribution in [-0.2, 0) is 9.59 Å². The highest BCUT2D eigenvalue weighted by Crippen LogP contribution is 2.32. The van der Waals surface area contributed by atoms with Crippen LogP contribution in [0, 0.1) is 6.92 Å². The Morgan fingerprint density at radius 2 is 2.37 bits per heavy atom. The van der Waals surface area contributed by atoms with Crippen molar-refractivity contribution in [3.63, 3.8) is 0 Å². The van der Waals surface area contributed by atoms with Crippen molar-refractivity contribution in [1.82, 2.24) is 10.1 Å². The number of hydrogen-bond acceptors (Lipinski definition) is 5. The van der Waals surface area contributed by atoms with Crippen molar-refractivity contribution >= 4 is 23.6 Å². The van der Waals surface area contributed by atoms with Crippen LogP contribution in [0.3, 0.4) is 0 Å². The fraction of sp³-hybridized carbons (Fsp3) is 0.583. The van der Waals surface area contributed by atoms with Crippen LogP contribution in [0.5, 0.6) is 0 Å². The Balaban J connectivity index is 1.94. The van der Waals surface area contributed by atoms with E-state index in [9.17, 15) is 9.59 Å². The van der Waals surface area contributed by atoms with Crippen LogP contribution >= 0.6 is 11.8 Å². The van der Waals surface area contributed by atoms with Crippen LogP contribution in [0.1, 0.15) is 30.3 Å². The minimum absolute atomic E-state index is 0.0391. The van der Waals surface area contributed by atoms with Gasteiger partial charge in [0.05, 0.1) is 23.2 Å². The molecule has 6 nitrogen and oxygen atoms in total. The van der Waals surface area contributed by atoms with Gasteiger partial charge in [0.15, 0.2) is 5.76 Å². The molecule has 1 N–H and O–H groups in total. The van der Waals surface area contributed by atoms with Gasteiger partial charge in [-0.2, -0.15) is 0 Å². The third kappa shape index (κ3) is 3.50. The van der Waals surface area contributed by atoms with Crippen molar-refractivity contribution in [1.29, 1.82) is 0 Å². The second-order valence-electron chi connectivity index (χ2n) is 4.50. The van der Waals surface area contributed by atoms with Crippen molar-refractivity contribution in [2.75, 3.05) is 18.1 Å². The molecule has 1 fully saturated rings. The monoisotopic (exact) mass is 284 g/mol. The van der Waals surface area contributed by atoms with Gasteiger partial charge in [-0.05, 0) is 19.8 Å². The van der Waals surface area contributed by atoms with Gasteiger partial charge in [0.2, 0.25) is 5.91 Å². The van der Waals surface area contributed by atoms with Crippen LogP contribution < -0.4 is 0 Å². The fourth-order valence-corrected chi connectivity index (χ4v) is 2.83. The van der Waals surface area contributed by atoms with E-state index in [0.717, 1.165) is 30.3 Å². The third-order valence-electron chi connectivity index (χ3n) is 3.00. The molecule has 1 aliphatic heterocycles. The van der Waals surface area contributed by atoms with Crippen LogP contribution in [0.2, 0.25) is 0 Å². The Morgan fingerprint density at radius 1 is 1.58 bits per heavy atom. The quantitative estimate of drug-likeness (QED) is 0.881. The second-order valence-corrected chi connectivity index (χ2v) is 5.49. The molecule has 1 saturated heterocycles. The molecular formula is C12H16N2O4S. The van der Waals surface area contributed by atoms with Crippen molar-refractivity contribution in [3.8, 4) is 0 Å². The number of thioether (sulfide) groups is 1. The highest BCUT2D eigenvalue weighted by atomic mass is 32.2. The van der Waals surface area contributed by atoms with Gasteiger partial charge in [0.25, 0.3) is 0 Å². The number of rotatable bonds is 5. The number of aryl methyl sites for hydroxylation is 1. The molecule has 104 valence electrons. The molecule has 1 aliphatic rings. The summed E-state index contributed by atoms with van der Waals surface area (Å²) >= 11 is 1.12. The van der Waals surface area contributed by atoms with E-state index in [1.54, 1.807) is 4.90 Å². The maximum atomic E-state index is 12.1. The van der Waals surface area contributed by atoms with E-state index in [4.69, 9.17) is 9.63 Å². The van der Waals surface area contributed by atoms with Crippen molar-refractivity contribution in [2.24, 2.45) is 0 Å². The number of carboxylic acid groups (broad SMARTS) is 1. The maximum absolute atomic E-state index is 12.1. The van der Waals surface area contributed by atoms with E-state index in [-0.39, 0.29) is 23.5 Å². The smallest absolute Gasteiger partial charge is 0.313 e. The van der Waals surface area contributed by atoms with Gasteiger partial charge in [-0.25, -0.2) is 0 Å². The fourth-order valence-electron chi connectivity index (χ4n) is 2.21. The predicted octanol–water partition coefficient (Wildman–Crippen LogP) is 1.46. The number of aliphatic carboxylic acids is 1. The van der Waals surface area contributed by atoms with Gasteiger partial charge in [-0.3, -0.25) is 9.59 Å². The summed E-state index contributed by atoms with van der Waals surface area (Å²) in [5, 5.41) is 12.4. The second kappa shape index (κ2) is 6.10. The summed E-state index contributed by atoms with van der Waals surface area (Å²) in [6.45, 7) is 2.54. The predicted molar refractivity (Wildman–Crippen MR) is 69.9 cm³/mol. The summed E-state index contributed by atoms with van der Waals surface area (Å²) in [5.74, 6) is -0.0855. The Hall–Kier alpha value is -1.50. The molecular weight excluding hydrogens is 268 g/mol. The van der Waals surface area contributed by atoms with Crippen molar-refractivity contribution in [2.45, 2.75) is 25.8 Å². The van der Waals surface area contributed by atoms with Gasteiger partial charge in [0, 0.05) is 12.6 Å². The van der Waals surface area contributed by atoms with E-state index in [0.29, 0.717) is 12.3 Å². The van der Waals surface area contributed by atoms with Crippen molar-refractivity contribution < 1.29 is 19.2 Å². The molecule has 1 aromatic rings. The van der Waals surface area contributed by atoms with Gasteiger partial charge in [-0.1, -0.05) is 5.16 Å². The van der Waals surface area contributed by atoms with Crippen LogP contribution in [0.15, 0.2) is 10.6 Å². The first-order valence-electron chi connectivity index (χ1n) is 6.10. The molecule has 0 aromatic carbocycles. The minimum atomic E-state index is -0.901. The average Bonchev–Trinajstić information content (AvgIpc) is 2.96. The van der Waals surface area contributed by atoms with Crippen LogP contribution in [0.25, 0.3) is 0 Å². The molecule has 1 aromatic heterocycles. The first kappa shape index (κ1) is 13.9. The number of likely N-dealkylation sites (tertiary alicyclic amines) is 1. The molecule has 0 spiro atoms. The van der Waals surface area contributed by atoms with E-state index in [2.05, 4.69) is 5.16 Å². The Morgan fingerprint density at radius 3 is 3.00 bits per heavy atom.